The van der Waals surface area contributed by atoms with Crippen LogP contribution in [-0.4, -0.2) is 60.9 Å². The normalized spacial score (nSPS) is 22.0. The monoisotopic (exact) mass is 360 g/mol. The van der Waals surface area contributed by atoms with Crippen molar-refractivity contribution < 1.29 is 13.9 Å². The zero-order valence-corrected chi connectivity index (χ0v) is 15.1. The number of rotatable bonds is 5. The first kappa shape index (κ1) is 17.4. The van der Waals surface area contributed by atoms with Crippen molar-refractivity contribution in [2.24, 2.45) is 5.92 Å². The Morgan fingerprint density at radius 3 is 2.85 bits per heavy atom. The molecule has 140 valence electrons. The van der Waals surface area contributed by atoms with Crippen LogP contribution in [0, 0.1) is 11.7 Å². The van der Waals surface area contributed by atoms with E-state index in [1.165, 1.54) is 25.9 Å². The molecule has 2 fully saturated rings. The minimum atomic E-state index is -0.408. The van der Waals surface area contributed by atoms with E-state index < -0.39 is 5.82 Å². The summed E-state index contributed by atoms with van der Waals surface area (Å²) in [7, 11) is 1.46. The summed E-state index contributed by atoms with van der Waals surface area (Å²) in [6, 6.07) is 3.43. The van der Waals surface area contributed by atoms with E-state index in [1.54, 1.807) is 6.07 Å². The Kier molecular flexibility index (Phi) is 5.17. The van der Waals surface area contributed by atoms with E-state index in [-0.39, 0.29) is 5.75 Å². The minimum absolute atomic E-state index is 0.212. The fourth-order valence-corrected chi connectivity index (χ4v) is 3.87. The zero-order valence-electron chi connectivity index (χ0n) is 15.1. The highest BCUT2D eigenvalue weighted by Crippen LogP contribution is 2.28. The molecular weight excluding hydrogens is 335 g/mol. The van der Waals surface area contributed by atoms with Crippen LogP contribution in [0.1, 0.15) is 19.3 Å². The molecule has 0 saturated carbocycles. The van der Waals surface area contributed by atoms with Crippen molar-refractivity contribution in [2.45, 2.75) is 25.3 Å². The molecule has 2 aliphatic rings. The first-order valence-electron chi connectivity index (χ1n) is 9.28. The van der Waals surface area contributed by atoms with Gasteiger partial charge in [-0.25, -0.2) is 14.4 Å². The smallest absolute Gasteiger partial charge is 0.167 e. The molecule has 2 saturated heterocycles. The quantitative estimate of drug-likeness (QED) is 0.885. The lowest BCUT2D eigenvalue weighted by molar-refractivity contribution is 0.154. The third kappa shape index (κ3) is 3.73. The van der Waals surface area contributed by atoms with E-state index in [1.807, 2.05) is 0 Å². The van der Waals surface area contributed by atoms with Crippen LogP contribution < -0.4 is 10.1 Å². The van der Waals surface area contributed by atoms with Gasteiger partial charge in [0.15, 0.2) is 11.6 Å². The summed E-state index contributed by atoms with van der Waals surface area (Å²) in [6.45, 7) is 5.11. The SMILES string of the molecule is COc1cc2c(NC3CCN(CC4CCOC4)CC3)ncnc2cc1F. The van der Waals surface area contributed by atoms with E-state index in [0.29, 0.717) is 17.5 Å². The van der Waals surface area contributed by atoms with Crippen LogP contribution in [-0.2, 0) is 4.74 Å². The second-order valence-electron chi connectivity index (χ2n) is 7.18. The Morgan fingerprint density at radius 2 is 2.12 bits per heavy atom. The first-order valence-corrected chi connectivity index (χ1v) is 9.28. The largest absolute Gasteiger partial charge is 0.494 e. The van der Waals surface area contributed by atoms with Crippen molar-refractivity contribution >= 4 is 16.7 Å². The van der Waals surface area contributed by atoms with Gasteiger partial charge in [0.25, 0.3) is 0 Å². The van der Waals surface area contributed by atoms with Crippen LogP contribution in [0.25, 0.3) is 10.9 Å². The van der Waals surface area contributed by atoms with Crippen molar-refractivity contribution in [3.63, 3.8) is 0 Å². The van der Waals surface area contributed by atoms with E-state index in [4.69, 9.17) is 9.47 Å². The molecule has 2 aliphatic heterocycles. The highest BCUT2D eigenvalue weighted by Gasteiger charge is 2.24. The fraction of sp³-hybridized carbons (Fsp3) is 0.579. The summed E-state index contributed by atoms with van der Waals surface area (Å²) >= 11 is 0. The number of nitrogens with one attached hydrogen (secondary N) is 1. The lowest BCUT2D eigenvalue weighted by atomic mass is 10.0. The molecule has 0 amide bonds. The number of hydrogen-bond acceptors (Lipinski definition) is 6. The molecule has 2 aromatic rings. The van der Waals surface area contributed by atoms with Crippen LogP contribution in [0.15, 0.2) is 18.5 Å². The number of fused-ring (bicyclic) bond motifs is 1. The molecule has 7 heteroatoms. The number of halogens is 1. The van der Waals surface area contributed by atoms with E-state index in [9.17, 15) is 4.39 Å². The van der Waals surface area contributed by atoms with Gasteiger partial charge >= 0.3 is 0 Å². The number of anilines is 1. The molecule has 0 spiro atoms. The molecule has 6 nitrogen and oxygen atoms in total. The Hall–Kier alpha value is -1.99. The van der Waals surface area contributed by atoms with Crippen LogP contribution in [0.4, 0.5) is 10.2 Å². The lowest BCUT2D eigenvalue weighted by Crippen LogP contribution is -2.41. The molecule has 1 aromatic carbocycles. The first-order chi connectivity index (χ1) is 12.7. The van der Waals surface area contributed by atoms with Gasteiger partial charge in [-0.05, 0) is 31.2 Å². The van der Waals surface area contributed by atoms with Crippen LogP contribution in [0.3, 0.4) is 0 Å². The minimum Gasteiger partial charge on any atom is -0.494 e. The predicted octanol–water partition coefficient (Wildman–Crippen LogP) is 2.69. The third-order valence-corrected chi connectivity index (χ3v) is 5.38. The van der Waals surface area contributed by atoms with Gasteiger partial charge in [0, 0.05) is 43.7 Å². The predicted molar refractivity (Wildman–Crippen MR) is 98.1 cm³/mol. The van der Waals surface area contributed by atoms with Gasteiger partial charge in [-0.2, -0.15) is 0 Å². The summed E-state index contributed by atoms with van der Waals surface area (Å²) in [5.74, 6) is 1.24. The zero-order chi connectivity index (χ0) is 17.9. The topological polar surface area (TPSA) is 59.5 Å². The number of likely N-dealkylation sites (tertiary alicyclic amines) is 1. The number of hydrogen-bond donors (Lipinski definition) is 1. The van der Waals surface area contributed by atoms with Gasteiger partial charge in [-0.1, -0.05) is 0 Å². The van der Waals surface area contributed by atoms with Gasteiger partial charge < -0.3 is 19.7 Å². The van der Waals surface area contributed by atoms with Gasteiger partial charge in [0.05, 0.1) is 19.2 Å². The van der Waals surface area contributed by atoms with Crippen molar-refractivity contribution in [2.75, 3.05) is 45.3 Å². The highest BCUT2D eigenvalue weighted by molar-refractivity contribution is 5.90. The molecular formula is C19H25FN4O2. The maximum Gasteiger partial charge on any atom is 0.167 e. The maximum absolute atomic E-state index is 13.9. The van der Waals surface area contributed by atoms with Crippen LogP contribution in [0.2, 0.25) is 0 Å². The van der Waals surface area contributed by atoms with Crippen LogP contribution >= 0.6 is 0 Å². The summed E-state index contributed by atoms with van der Waals surface area (Å²) < 4.78 is 24.5. The summed E-state index contributed by atoms with van der Waals surface area (Å²) in [5.41, 5.74) is 0.583. The third-order valence-electron chi connectivity index (χ3n) is 5.38. The van der Waals surface area contributed by atoms with Crippen molar-refractivity contribution in [1.82, 2.24) is 14.9 Å². The maximum atomic E-state index is 13.9. The summed E-state index contributed by atoms with van der Waals surface area (Å²) in [6.07, 6.45) is 4.80. The number of benzene rings is 1. The number of ether oxygens (including phenoxy) is 2. The molecule has 3 heterocycles. The molecule has 1 atom stereocenters. The second-order valence-corrected chi connectivity index (χ2v) is 7.18. The van der Waals surface area contributed by atoms with Crippen molar-refractivity contribution in [3.8, 4) is 5.75 Å². The molecule has 0 aliphatic carbocycles. The number of piperidine rings is 1. The Balaban J connectivity index is 1.41. The molecule has 4 rings (SSSR count). The molecule has 0 radical (unpaired) electrons. The summed E-state index contributed by atoms with van der Waals surface area (Å²) in [4.78, 5) is 11.1. The lowest BCUT2D eigenvalue weighted by Gasteiger charge is -2.33. The molecule has 1 unspecified atom stereocenters. The molecule has 1 N–H and O–H groups in total. The fourth-order valence-electron chi connectivity index (χ4n) is 3.87. The van der Waals surface area contributed by atoms with Crippen molar-refractivity contribution in [3.05, 3.63) is 24.3 Å². The average molecular weight is 360 g/mol. The average Bonchev–Trinajstić information content (AvgIpc) is 3.16. The van der Waals surface area contributed by atoms with E-state index in [0.717, 1.165) is 56.9 Å². The molecule has 26 heavy (non-hydrogen) atoms. The Morgan fingerprint density at radius 1 is 1.27 bits per heavy atom. The standard InChI is InChI=1S/C19H25FN4O2/c1-25-18-8-15-17(9-16(18)20)21-12-22-19(15)23-14-2-5-24(6-3-14)10-13-4-7-26-11-13/h8-9,12-14H,2-7,10-11H2,1H3,(H,21,22,23). The summed E-state index contributed by atoms with van der Waals surface area (Å²) in [5, 5.41) is 4.32. The van der Waals surface area contributed by atoms with E-state index >= 15 is 0 Å². The highest BCUT2D eigenvalue weighted by atomic mass is 19.1. The number of methoxy groups -OCH3 is 1. The Bertz CT molecular complexity index is 759. The number of nitrogens with zero attached hydrogens (tertiary/aromatic N) is 3. The van der Waals surface area contributed by atoms with Crippen molar-refractivity contribution in [1.29, 1.82) is 0 Å². The Labute approximate surface area is 152 Å². The van der Waals surface area contributed by atoms with Crippen LogP contribution in [0.5, 0.6) is 5.75 Å². The molecule has 0 bridgehead atoms. The molecule has 1 aromatic heterocycles. The van der Waals surface area contributed by atoms with Gasteiger partial charge in [-0.3, -0.25) is 0 Å². The second kappa shape index (κ2) is 7.72. The number of aromatic nitrogens is 2. The van der Waals surface area contributed by atoms with Gasteiger partial charge in [-0.15, -0.1) is 0 Å². The van der Waals surface area contributed by atoms with Gasteiger partial charge in [0.1, 0.15) is 12.1 Å². The van der Waals surface area contributed by atoms with Gasteiger partial charge in [0.2, 0.25) is 0 Å². The van der Waals surface area contributed by atoms with E-state index in [2.05, 4.69) is 20.2 Å².